The van der Waals surface area contributed by atoms with E-state index in [1.54, 1.807) is 0 Å². The predicted molar refractivity (Wildman–Crippen MR) is 98.2 cm³/mol. The highest BCUT2D eigenvalue weighted by molar-refractivity contribution is 5.67. The lowest BCUT2D eigenvalue weighted by atomic mass is 10.00. The van der Waals surface area contributed by atoms with E-state index in [0.717, 1.165) is 42.8 Å². The van der Waals surface area contributed by atoms with Gasteiger partial charge in [0.1, 0.15) is 5.82 Å². The van der Waals surface area contributed by atoms with E-state index in [2.05, 4.69) is 34.1 Å². The maximum absolute atomic E-state index is 9.37. The molecule has 1 aliphatic rings. The van der Waals surface area contributed by atoms with Crippen molar-refractivity contribution in [3.8, 4) is 0 Å². The summed E-state index contributed by atoms with van der Waals surface area (Å²) in [6, 6.07) is 2.43. The molecule has 1 atom stereocenters. The van der Waals surface area contributed by atoms with E-state index >= 15 is 0 Å². The average Bonchev–Trinajstić information content (AvgIpc) is 3.03. The number of aliphatic hydroxyl groups is 1. The van der Waals surface area contributed by atoms with Crippen molar-refractivity contribution in [1.82, 2.24) is 14.6 Å². The van der Waals surface area contributed by atoms with Crippen molar-refractivity contribution in [2.75, 3.05) is 18.1 Å². The smallest absolute Gasteiger partial charge is 0.164 e. The molecule has 3 rings (SSSR count). The van der Waals surface area contributed by atoms with Crippen molar-refractivity contribution in [3.05, 3.63) is 30.1 Å². The molecule has 3 heterocycles. The molecule has 0 saturated carbocycles. The van der Waals surface area contributed by atoms with Crippen LogP contribution in [0.2, 0.25) is 0 Å². The number of anilines is 1. The first-order chi connectivity index (χ1) is 11.8. The third-order valence-corrected chi connectivity index (χ3v) is 4.81. The summed E-state index contributed by atoms with van der Waals surface area (Å²) in [5.74, 6) is 1.09. The fourth-order valence-corrected chi connectivity index (χ4v) is 3.52. The van der Waals surface area contributed by atoms with Crippen molar-refractivity contribution in [1.29, 1.82) is 0 Å². The van der Waals surface area contributed by atoms with Gasteiger partial charge in [-0.25, -0.2) is 4.98 Å². The zero-order valence-corrected chi connectivity index (χ0v) is 14.6. The molecule has 0 spiro atoms. The molecule has 0 amide bonds. The fourth-order valence-electron chi connectivity index (χ4n) is 3.52. The van der Waals surface area contributed by atoms with Crippen molar-refractivity contribution < 1.29 is 5.11 Å². The van der Waals surface area contributed by atoms with E-state index in [9.17, 15) is 5.11 Å². The van der Waals surface area contributed by atoms with Crippen LogP contribution in [0.3, 0.4) is 0 Å². The summed E-state index contributed by atoms with van der Waals surface area (Å²) in [7, 11) is 0. The Bertz CT molecular complexity index is 677. The van der Waals surface area contributed by atoms with E-state index in [4.69, 9.17) is 0 Å². The van der Waals surface area contributed by atoms with E-state index < -0.39 is 0 Å². The van der Waals surface area contributed by atoms with Crippen LogP contribution in [-0.2, 0) is 0 Å². The van der Waals surface area contributed by atoms with Crippen molar-refractivity contribution in [2.45, 2.75) is 57.9 Å². The molecule has 0 aliphatic carbocycles. The third-order valence-electron chi connectivity index (χ3n) is 4.81. The zero-order valence-electron chi connectivity index (χ0n) is 14.6. The molecule has 1 fully saturated rings. The number of piperidine rings is 1. The first kappa shape index (κ1) is 17.0. The largest absolute Gasteiger partial charge is 0.396 e. The molecule has 0 bridgehead atoms. The Hall–Kier alpha value is -1.88. The number of rotatable bonds is 7. The minimum atomic E-state index is 0.236. The summed E-state index contributed by atoms with van der Waals surface area (Å²) < 4.78 is 1.95. The van der Waals surface area contributed by atoms with Crippen molar-refractivity contribution in [2.24, 2.45) is 0 Å². The fraction of sp³-hybridized carbons (Fsp3) is 0.579. The Labute approximate surface area is 144 Å². The maximum Gasteiger partial charge on any atom is 0.164 e. The lowest BCUT2D eigenvalue weighted by Crippen LogP contribution is -2.41. The Balaban J connectivity index is 1.89. The number of allylic oxidation sites excluding steroid dienone is 1. The highest BCUT2D eigenvalue weighted by Crippen LogP contribution is 2.27. The van der Waals surface area contributed by atoms with Gasteiger partial charge in [0.25, 0.3) is 0 Å². The molecule has 5 heteroatoms. The van der Waals surface area contributed by atoms with Gasteiger partial charge in [-0.1, -0.05) is 31.9 Å². The van der Waals surface area contributed by atoms with Crippen LogP contribution in [0, 0.1) is 0 Å². The van der Waals surface area contributed by atoms with Gasteiger partial charge in [-0.15, -0.1) is 0 Å². The lowest BCUT2D eigenvalue weighted by Gasteiger charge is -2.37. The van der Waals surface area contributed by atoms with E-state index in [1.807, 2.05) is 23.0 Å². The predicted octanol–water partition coefficient (Wildman–Crippen LogP) is 3.67. The van der Waals surface area contributed by atoms with Crippen LogP contribution >= 0.6 is 0 Å². The maximum atomic E-state index is 9.37. The molecule has 1 aliphatic heterocycles. The number of unbranched alkanes of at least 4 members (excludes halogenated alkanes) is 2. The highest BCUT2D eigenvalue weighted by Gasteiger charge is 2.24. The van der Waals surface area contributed by atoms with E-state index in [-0.39, 0.29) is 6.61 Å². The molecule has 130 valence electrons. The van der Waals surface area contributed by atoms with Crippen LogP contribution in [-0.4, -0.2) is 38.9 Å². The van der Waals surface area contributed by atoms with Crippen molar-refractivity contribution in [3.63, 3.8) is 0 Å². The normalized spacial score (nSPS) is 18.8. The van der Waals surface area contributed by atoms with Crippen LogP contribution in [0.1, 0.15) is 57.4 Å². The number of hydrogen-bond donors (Lipinski definition) is 1. The lowest BCUT2D eigenvalue weighted by molar-refractivity contribution is 0.262. The summed E-state index contributed by atoms with van der Waals surface area (Å²) in [4.78, 5) is 6.93. The molecule has 1 N–H and O–H groups in total. The zero-order chi connectivity index (χ0) is 16.8. The highest BCUT2D eigenvalue weighted by atomic mass is 16.3. The minimum Gasteiger partial charge on any atom is -0.396 e. The Kier molecular flexibility index (Phi) is 5.86. The van der Waals surface area contributed by atoms with Crippen LogP contribution in [0.25, 0.3) is 11.7 Å². The summed E-state index contributed by atoms with van der Waals surface area (Å²) in [5.41, 5.74) is 1.98. The molecule has 0 aromatic carbocycles. The monoisotopic (exact) mass is 328 g/mol. The number of fused-ring (bicyclic) bond motifs is 1. The molecule has 2 aromatic heterocycles. The minimum absolute atomic E-state index is 0.236. The summed E-state index contributed by atoms with van der Waals surface area (Å²) in [6.45, 7) is 3.46. The first-order valence-electron chi connectivity index (χ1n) is 9.22. The first-order valence-corrected chi connectivity index (χ1v) is 9.22. The third kappa shape index (κ3) is 3.61. The summed E-state index contributed by atoms with van der Waals surface area (Å²) in [6.07, 6.45) is 16.0. The van der Waals surface area contributed by atoms with Gasteiger partial charge in [-0.2, -0.15) is 9.61 Å². The SMILES string of the molecule is CCCC/C=C/c1cnn2c(N3CCCCC3CCO)ccnc12. The molecular formula is C19H28N4O. The van der Waals surface area contributed by atoms with Crippen LogP contribution in [0.4, 0.5) is 5.82 Å². The van der Waals surface area contributed by atoms with Gasteiger partial charge in [-0.05, 0) is 38.2 Å². The molecule has 24 heavy (non-hydrogen) atoms. The average molecular weight is 328 g/mol. The van der Waals surface area contributed by atoms with Crippen LogP contribution < -0.4 is 4.90 Å². The second-order valence-corrected chi connectivity index (χ2v) is 6.54. The molecular weight excluding hydrogens is 300 g/mol. The van der Waals surface area contributed by atoms with Gasteiger partial charge in [-0.3, -0.25) is 0 Å². The van der Waals surface area contributed by atoms with Gasteiger partial charge in [0, 0.05) is 31.0 Å². The molecule has 2 aromatic rings. The Morgan fingerprint density at radius 2 is 2.29 bits per heavy atom. The Morgan fingerprint density at radius 1 is 1.38 bits per heavy atom. The quantitative estimate of drug-likeness (QED) is 0.788. The van der Waals surface area contributed by atoms with Gasteiger partial charge >= 0.3 is 0 Å². The second kappa shape index (κ2) is 8.29. The summed E-state index contributed by atoms with van der Waals surface area (Å²) in [5, 5.41) is 14.0. The number of nitrogens with zero attached hydrogens (tertiary/aromatic N) is 4. The number of aliphatic hydroxyl groups excluding tert-OH is 1. The van der Waals surface area contributed by atoms with E-state index in [1.165, 1.54) is 25.7 Å². The van der Waals surface area contributed by atoms with Crippen LogP contribution in [0.15, 0.2) is 24.5 Å². The Morgan fingerprint density at radius 3 is 3.12 bits per heavy atom. The van der Waals surface area contributed by atoms with Crippen molar-refractivity contribution >= 4 is 17.5 Å². The molecule has 5 nitrogen and oxygen atoms in total. The number of aromatic nitrogens is 3. The topological polar surface area (TPSA) is 53.7 Å². The molecule has 1 unspecified atom stereocenters. The summed E-state index contributed by atoms with van der Waals surface area (Å²) >= 11 is 0. The molecule has 0 radical (unpaired) electrons. The standard InChI is InChI=1S/C19H28N4O/c1-2-3-4-5-8-16-15-21-23-18(10-12-20-19(16)23)22-13-7-6-9-17(22)11-14-24/h5,8,10,12,15,17,24H,2-4,6-7,9,11,13-14H2,1H3/b8-5+. The molecule has 1 saturated heterocycles. The van der Waals surface area contributed by atoms with Gasteiger partial charge in [0.05, 0.1) is 6.20 Å². The van der Waals surface area contributed by atoms with Crippen LogP contribution in [0.5, 0.6) is 0 Å². The van der Waals surface area contributed by atoms with Gasteiger partial charge in [0.15, 0.2) is 5.65 Å². The second-order valence-electron chi connectivity index (χ2n) is 6.54. The number of hydrogen-bond acceptors (Lipinski definition) is 4. The van der Waals surface area contributed by atoms with E-state index in [0.29, 0.717) is 6.04 Å². The van der Waals surface area contributed by atoms with Gasteiger partial charge in [0.2, 0.25) is 0 Å². The van der Waals surface area contributed by atoms with Gasteiger partial charge < -0.3 is 10.0 Å².